The number of nitrogens with zero attached hydrogens (tertiary/aromatic N) is 1. The molecule has 0 saturated heterocycles. The monoisotopic (exact) mass is 520 g/mol. The first kappa shape index (κ1) is 24.8. The Morgan fingerprint density at radius 2 is 1.28 bits per heavy atom. The smallest absolute Gasteiger partial charge is 0.269 e. The van der Waals surface area contributed by atoms with Crippen LogP contribution in [0.2, 0.25) is 5.02 Å². The number of ketones is 1. The second-order valence-electron chi connectivity index (χ2n) is 7.61. The second kappa shape index (κ2) is 10.1. The molecule has 0 aliphatic rings. The predicted molar refractivity (Wildman–Crippen MR) is 134 cm³/mol. The molecule has 4 aromatic carbocycles. The van der Waals surface area contributed by atoms with Crippen LogP contribution in [0.4, 0.5) is 11.4 Å². The third-order valence-electron chi connectivity index (χ3n) is 5.30. The van der Waals surface area contributed by atoms with Crippen LogP contribution in [0.15, 0.2) is 107 Å². The van der Waals surface area contributed by atoms with Crippen molar-refractivity contribution in [3.05, 3.63) is 129 Å². The molecule has 0 aliphatic carbocycles. The van der Waals surface area contributed by atoms with E-state index in [1.165, 1.54) is 30.3 Å². The van der Waals surface area contributed by atoms with Gasteiger partial charge in [-0.15, -0.1) is 0 Å². The lowest BCUT2D eigenvalue weighted by molar-refractivity contribution is -0.384. The zero-order chi connectivity index (χ0) is 25.9. The highest BCUT2D eigenvalue weighted by molar-refractivity contribution is 7.91. The Bertz CT molecular complexity index is 1570. The summed E-state index contributed by atoms with van der Waals surface area (Å²) in [5.74, 6) is -0.888. The number of nitrogens with one attached hydrogen (secondary N) is 1. The summed E-state index contributed by atoms with van der Waals surface area (Å²) in [6, 6.07) is 22.7. The molecule has 8 nitrogen and oxygen atoms in total. The van der Waals surface area contributed by atoms with Gasteiger partial charge in [-0.2, -0.15) is 0 Å². The number of carbonyl (C=O) groups excluding carboxylic acids is 2. The quantitative estimate of drug-likeness (QED) is 0.193. The van der Waals surface area contributed by atoms with E-state index in [1.54, 1.807) is 42.5 Å². The van der Waals surface area contributed by atoms with Crippen molar-refractivity contribution >= 4 is 44.5 Å². The summed E-state index contributed by atoms with van der Waals surface area (Å²) in [6.45, 7) is 0. The first-order valence-electron chi connectivity index (χ1n) is 10.5. The molecule has 0 heterocycles. The van der Waals surface area contributed by atoms with E-state index in [1.807, 2.05) is 0 Å². The van der Waals surface area contributed by atoms with Gasteiger partial charge in [0.1, 0.15) is 0 Å². The first-order chi connectivity index (χ1) is 17.2. The van der Waals surface area contributed by atoms with Gasteiger partial charge in [-0.05, 0) is 66.7 Å². The number of anilines is 1. The van der Waals surface area contributed by atoms with Crippen molar-refractivity contribution in [1.29, 1.82) is 0 Å². The van der Waals surface area contributed by atoms with Crippen LogP contribution in [0.25, 0.3) is 0 Å². The number of nitro groups is 1. The number of hydrogen-bond acceptors (Lipinski definition) is 6. The van der Waals surface area contributed by atoms with Gasteiger partial charge in [0.25, 0.3) is 11.6 Å². The van der Waals surface area contributed by atoms with Crippen molar-refractivity contribution in [3.8, 4) is 0 Å². The Morgan fingerprint density at radius 1 is 0.750 bits per heavy atom. The minimum absolute atomic E-state index is 0.0485. The molecule has 0 fully saturated rings. The van der Waals surface area contributed by atoms with E-state index in [2.05, 4.69) is 5.32 Å². The number of nitro benzene ring substituents is 1. The first-order valence-corrected chi connectivity index (χ1v) is 12.3. The molecule has 180 valence electrons. The maximum Gasteiger partial charge on any atom is 0.269 e. The summed E-state index contributed by atoms with van der Waals surface area (Å²) in [4.78, 5) is 36.0. The zero-order valence-corrected chi connectivity index (χ0v) is 20.0. The van der Waals surface area contributed by atoms with Crippen molar-refractivity contribution in [3.63, 3.8) is 0 Å². The number of non-ortho nitro benzene ring substituents is 1. The van der Waals surface area contributed by atoms with Gasteiger partial charge >= 0.3 is 0 Å². The molecular weight excluding hydrogens is 504 g/mol. The summed E-state index contributed by atoms with van der Waals surface area (Å²) in [7, 11) is -3.92. The molecule has 0 radical (unpaired) electrons. The van der Waals surface area contributed by atoms with Gasteiger partial charge in [-0.3, -0.25) is 19.7 Å². The fourth-order valence-electron chi connectivity index (χ4n) is 3.43. The van der Waals surface area contributed by atoms with E-state index >= 15 is 0 Å². The minimum Gasteiger partial charge on any atom is -0.322 e. The maximum absolute atomic E-state index is 13.0. The van der Waals surface area contributed by atoms with Crippen LogP contribution in [-0.2, 0) is 9.84 Å². The van der Waals surface area contributed by atoms with E-state index in [0.717, 1.165) is 24.3 Å². The summed E-state index contributed by atoms with van der Waals surface area (Å²) in [6.07, 6.45) is 0. The van der Waals surface area contributed by atoms with Gasteiger partial charge in [0, 0.05) is 34.0 Å². The third kappa shape index (κ3) is 5.17. The van der Waals surface area contributed by atoms with Gasteiger partial charge < -0.3 is 5.32 Å². The predicted octanol–water partition coefficient (Wildman–Crippen LogP) is 5.56. The zero-order valence-electron chi connectivity index (χ0n) is 18.4. The fourth-order valence-corrected chi connectivity index (χ4v) is 4.82. The summed E-state index contributed by atoms with van der Waals surface area (Å²) in [5.41, 5.74) is 0.827. The highest BCUT2D eigenvalue weighted by Crippen LogP contribution is 2.25. The van der Waals surface area contributed by atoms with Crippen LogP contribution in [0.3, 0.4) is 0 Å². The highest BCUT2D eigenvalue weighted by Gasteiger charge is 2.21. The van der Waals surface area contributed by atoms with E-state index in [-0.39, 0.29) is 32.4 Å². The number of benzene rings is 4. The van der Waals surface area contributed by atoms with Crippen molar-refractivity contribution in [2.75, 3.05) is 5.32 Å². The number of amides is 1. The number of hydrogen-bond donors (Lipinski definition) is 1. The largest absolute Gasteiger partial charge is 0.322 e. The fraction of sp³-hybridized carbons (Fsp3) is 0. The minimum atomic E-state index is -3.92. The summed E-state index contributed by atoms with van der Waals surface area (Å²) >= 11 is 5.89. The molecule has 1 N–H and O–H groups in total. The molecule has 0 atom stereocenters. The standard InChI is InChI=1S/C26H17ClN2O6S/c27-18-7-5-17(6-8-18)25(30)23-3-1-2-4-24(23)26(31)28-19-9-13-21(14-10-19)36(34,35)22-15-11-20(12-16-22)29(32)33/h1-16H,(H,28,31). The van der Waals surface area contributed by atoms with Crippen LogP contribution in [0, 0.1) is 10.1 Å². The Labute approximate surface area is 211 Å². The number of halogens is 1. The molecule has 4 rings (SSSR count). The van der Waals surface area contributed by atoms with Crippen molar-refractivity contribution in [1.82, 2.24) is 0 Å². The molecular formula is C26H17ClN2O6S. The third-order valence-corrected chi connectivity index (χ3v) is 7.34. The molecule has 0 bridgehead atoms. The molecule has 10 heteroatoms. The Morgan fingerprint density at radius 3 is 1.83 bits per heavy atom. The Hall–Kier alpha value is -4.34. The Balaban J connectivity index is 1.54. The van der Waals surface area contributed by atoms with Crippen LogP contribution < -0.4 is 5.32 Å². The molecule has 4 aromatic rings. The van der Waals surface area contributed by atoms with Crippen LogP contribution in [0.1, 0.15) is 26.3 Å². The SMILES string of the molecule is O=C(Nc1ccc(S(=O)(=O)c2ccc([N+](=O)[O-])cc2)cc1)c1ccccc1C(=O)c1ccc(Cl)cc1. The van der Waals surface area contributed by atoms with Crippen LogP contribution in [0.5, 0.6) is 0 Å². The summed E-state index contributed by atoms with van der Waals surface area (Å²) in [5, 5.41) is 14.0. The van der Waals surface area contributed by atoms with Gasteiger partial charge in [-0.25, -0.2) is 8.42 Å². The second-order valence-corrected chi connectivity index (χ2v) is 10.0. The number of rotatable bonds is 7. The lowest BCUT2D eigenvalue weighted by Gasteiger charge is -2.11. The van der Waals surface area contributed by atoms with E-state index in [0.29, 0.717) is 16.3 Å². The topological polar surface area (TPSA) is 123 Å². The molecule has 0 saturated carbocycles. The molecule has 0 aromatic heterocycles. The van der Waals surface area contributed by atoms with Crippen LogP contribution >= 0.6 is 11.6 Å². The average molecular weight is 521 g/mol. The number of sulfone groups is 1. The summed E-state index contributed by atoms with van der Waals surface area (Å²) < 4.78 is 25.7. The molecule has 1 amide bonds. The lowest BCUT2D eigenvalue weighted by atomic mass is 9.98. The van der Waals surface area contributed by atoms with Crippen molar-refractivity contribution in [2.45, 2.75) is 9.79 Å². The lowest BCUT2D eigenvalue weighted by Crippen LogP contribution is -2.17. The van der Waals surface area contributed by atoms with Gasteiger partial charge in [0.05, 0.1) is 20.3 Å². The molecule has 0 spiro atoms. The van der Waals surface area contributed by atoms with Crippen molar-refractivity contribution < 1.29 is 22.9 Å². The van der Waals surface area contributed by atoms with Gasteiger partial charge in [-0.1, -0.05) is 29.8 Å². The molecule has 0 aliphatic heterocycles. The van der Waals surface area contributed by atoms with E-state index in [9.17, 15) is 28.1 Å². The maximum atomic E-state index is 13.0. The van der Waals surface area contributed by atoms with Crippen LogP contribution in [-0.4, -0.2) is 25.0 Å². The van der Waals surface area contributed by atoms with Gasteiger partial charge in [0.2, 0.25) is 9.84 Å². The number of carbonyl (C=O) groups is 2. The van der Waals surface area contributed by atoms with E-state index in [4.69, 9.17) is 11.6 Å². The average Bonchev–Trinajstić information content (AvgIpc) is 2.89. The van der Waals surface area contributed by atoms with E-state index < -0.39 is 20.7 Å². The normalized spacial score (nSPS) is 11.0. The van der Waals surface area contributed by atoms with Crippen molar-refractivity contribution in [2.24, 2.45) is 0 Å². The van der Waals surface area contributed by atoms with Gasteiger partial charge in [0.15, 0.2) is 5.78 Å². The Kier molecular flexibility index (Phi) is 6.96. The molecule has 0 unspecified atom stereocenters. The molecule has 36 heavy (non-hydrogen) atoms. The highest BCUT2D eigenvalue weighted by atomic mass is 35.5.